The first-order valence-corrected chi connectivity index (χ1v) is 5.32. The Balaban J connectivity index is 2.66. The predicted octanol–water partition coefficient (Wildman–Crippen LogP) is 1.67. The lowest BCUT2D eigenvalue weighted by molar-refractivity contribution is -0.154. The summed E-state index contributed by atoms with van der Waals surface area (Å²) in [6.07, 6.45) is 2.45. The number of nitrogens with zero attached hydrogens (tertiary/aromatic N) is 1. The maximum Gasteiger partial charge on any atom is 0.325 e. The third-order valence-electron chi connectivity index (χ3n) is 3.13. The number of esters is 1. The third-order valence-corrected chi connectivity index (χ3v) is 3.13. The maximum absolute atomic E-state index is 11.6. The van der Waals surface area contributed by atoms with Gasteiger partial charge in [0, 0.05) is 6.54 Å². The molecule has 1 atom stereocenters. The Labute approximate surface area is 86.4 Å². The zero-order chi connectivity index (χ0) is 10.8. The van der Waals surface area contributed by atoms with E-state index >= 15 is 0 Å². The Kier molecular flexibility index (Phi) is 3.53. The van der Waals surface area contributed by atoms with Gasteiger partial charge in [-0.25, -0.2) is 0 Å². The number of piperidine rings is 1. The average Bonchev–Trinajstić information content (AvgIpc) is 2.16. The fourth-order valence-corrected chi connectivity index (χ4v) is 2.08. The summed E-state index contributed by atoms with van der Waals surface area (Å²) in [5.41, 5.74) is -0.469. The van der Waals surface area contributed by atoms with Gasteiger partial charge in [-0.1, -0.05) is 6.92 Å². The van der Waals surface area contributed by atoms with E-state index < -0.39 is 5.54 Å². The van der Waals surface area contributed by atoms with Crippen LogP contribution < -0.4 is 0 Å². The minimum atomic E-state index is -0.469. The standard InChI is InChI=1S/C11H21NO2/c1-9-6-5-7-12(8-9)11(2,3)10(13)14-4/h9H,5-8H2,1-4H3/t9-/m0/s1. The first-order valence-electron chi connectivity index (χ1n) is 5.32. The number of carbonyl (C=O) groups is 1. The molecule has 1 fully saturated rings. The molecule has 0 aromatic rings. The van der Waals surface area contributed by atoms with E-state index in [9.17, 15) is 4.79 Å². The summed E-state index contributed by atoms with van der Waals surface area (Å²) >= 11 is 0. The highest BCUT2D eigenvalue weighted by Crippen LogP contribution is 2.24. The van der Waals surface area contributed by atoms with Gasteiger partial charge in [0.1, 0.15) is 5.54 Å². The molecule has 14 heavy (non-hydrogen) atoms. The maximum atomic E-state index is 11.6. The second kappa shape index (κ2) is 4.30. The number of hydrogen-bond donors (Lipinski definition) is 0. The van der Waals surface area contributed by atoms with Gasteiger partial charge < -0.3 is 4.74 Å². The van der Waals surface area contributed by atoms with Gasteiger partial charge in [-0.15, -0.1) is 0 Å². The van der Waals surface area contributed by atoms with E-state index in [2.05, 4.69) is 11.8 Å². The van der Waals surface area contributed by atoms with E-state index in [1.165, 1.54) is 20.0 Å². The van der Waals surface area contributed by atoms with Crippen molar-refractivity contribution in [2.75, 3.05) is 20.2 Å². The molecule has 0 aliphatic carbocycles. The summed E-state index contributed by atoms with van der Waals surface area (Å²) in [5.74, 6) is 0.555. The third kappa shape index (κ3) is 2.27. The van der Waals surface area contributed by atoms with Gasteiger partial charge in [-0.05, 0) is 39.2 Å². The highest BCUT2D eigenvalue weighted by Gasteiger charge is 2.37. The topological polar surface area (TPSA) is 29.5 Å². The molecule has 0 bridgehead atoms. The summed E-state index contributed by atoms with van der Waals surface area (Å²) < 4.78 is 4.82. The fraction of sp³-hybridized carbons (Fsp3) is 0.909. The average molecular weight is 199 g/mol. The van der Waals surface area contributed by atoms with Crippen molar-refractivity contribution >= 4 is 5.97 Å². The number of ether oxygens (including phenoxy) is 1. The number of rotatable bonds is 2. The quantitative estimate of drug-likeness (QED) is 0.634. The van der Waals surface area contributed by atoms with Crippen molar-refractivity contribution in [1.82, 2.24) is 4.90 Å². The highest BCUT2D eigenvalue weighted by molar-refractivity contribution is 5.79. The summed E-state index contributed by atoms with van der Waals surface area (Å²) in [6.45, 7) is 8.13. The molecular formula is C11H21NO2. The van der Waals surface area contributed by atoms with Gasteiger partial charge in [0.2, 0.25) is 0 Å². The van der Waals surface area contributed by atoms with Crippen molar-refractivity contribution in [3.8, 4) is 0 Å². The largest absolute Gasteiger partial charge is 0.468 e. The molecule has 1 aliphatic heterocycles. The molecule has 0 saturated carbocycles. The first kappa shape index (κ1) is 11.5. The molecule has 1 saturated heterocycles. The number of methoxy groups -OCH3 is 1. The van der Waals surface area contributed by atoms with Crippen LogP contribution in [0, 0.1) is 5.92 Å². The lowest BCUT2D eigenvalue weighted by atomic mass is 9.94. The van der Waals surface area contributed by atoms with E-state index in [-0.39, 0.29) is 5.97 Å². The Hall–Kier alpha value is -0.570. The first-order chi connectivity index (χ1) is 6.48. The van der Waals surface area contributed by atoms with Crippen LogP contribution in [0.4, 0.5) is 0 Å². The van der Waals surface area contributed by atoms with E-state index in [0.29, 0.717) is 5.92 Å². The zero-order valence-electron chi connectivity index (χ0n) is 9.67. The minimum Gasteiger partial charge on any atom is -0.468 e. The lowest BCUT2D eigenvalue weighted by Gasteiger charge is -2.40. The molecule has 1 aliphatic rings. The van der Waals surface area contributed by atoms with E-state index in [4.69, 9.17) is 4.74 Å². The smallest absolute Gasteiger partial charge is 0.325 e. The van der Waals surface area contributed by atoms with Gasteiger partial charge in [0.15, 0.2) is 0 Å². The summed E-state index contributed by atoms with van der Waals surface area (Å²) in [7, 11) is 1.46. The van der Waals surface area contributed by atoms with Crippen LogP contribution in [0.25, 0.3) is 0 Å². The Morgan fingerprint density at radius 3 is 2.64 bits per heavy atom. The van der Waals surface area contributed by atoms with Gasteiger partial charge >= 0.3 is 5.97 Å². The van der Waals surface area contributed by atoms with Crippen LogP contribution in [0.15, 0.2) is 0 Å². The van der Waals surface area contributed by atoms with Crippen LogP contribution in [0.3, 0.4) is 0 Å². The van der Waals surface area contributed by atoms with E-state index in [1.54, 1.807) is 0 Å². The molecule has 1 heterocycles. The molecule has 1 rings (SSSR count). The van der Waals surface area contributed by atoms with Crippen molar-refractivity contribution in [2.45, 2.75) is 39.2 Å². The van der Waals surface area contributed by atoms with Crippen LogP contribution in [0.2, 0.25) is 0 Å². The molecule has 0 aromatic carbocycles. The summed E-state index contributed by atoms with van der Waals surface area (Å²) in [5, 5.41) is 0. The second-order valence-corrected chi connectivity index (χ2v) is 4.74. The van der Waals surface area contributed by atoms with Gasteiger partial charge in [0.25, 0.3) is 0 Å². The normalized spacial score (nSPS) is 24.7. The molecule has 0 amide bonds. The molecule has 3 nitrogen and oxygen atoms in total. The zero-order valence-corrected chi connectivity index (χ0v) is 9.67. The monoisotopic (exact) mass is 199 g/mol. The molecule has 0 aromatic heterocycles. The molecule has 82 valence electrons. The van der Waals surface area contributed by atoms with Gasteiger partial charge in [-0.3, -0.25) is 9.69 Å². The second-order valence-electron chi connectivity index (χ2n) is 4.74. The molecule has 0 spiro atoms. The number of carbonyl (C=O) groups excluding carboxylic acids is 1. The van der Waals surface area contributed by atoms with Gasteiger partial charge in [0.05, 0.1) is 7.11 Å². The van der Waals surface area contributed by atoms with Crippen molar-refractivity contribution in [3.63, 3.8) is 0 Å². The van der Waals surface area contributed by atoms with Crippen LogP contribution in [0.5, 0.6) is 0 Å². The predicted molar refractivity (Wildman–Crippen MR) is 56.1 cm³/mol. The lowest BCUT2D eigenvalue weighted by Crippen LogP contribution is -2.54. The SMILES string of the molecule is COC(=O)C(C)(C)N1CCC[C@H](C)C1. The molecule has 0 N–H and O–H groups in total. The van der Waals surface area contributed by atoms with Crippen molar-refractivity contribution in [1.29, 1.82) is 0 Å². The Morgan fingerprint density at radius 2 is 2.14 bits per heavy atom. The van der Waals surface area contributed by atoms with Crippen LogP contribution in [0.1, 0.15) is 33.6 Å². The molecule has 0 unspecified atom stereocenters. The molecular weight excluding hydrogens is 178 g/mol. The van der Waals surface area contributed by atoms with E-state index in [0.717, 1.165) is 13.1 Å². The highest BCUT2D eigenvalue weighted by atomic mass is 16.5. The minimum absolute atomic E-state index is 0.133. The van der Waals surface area contributed by atoms with Gasteiger partial charge in [-0.2, -0.15) is 0 Å². The Bertz CT molecular complexity index is 213. The fourth-order valence-electron chi connectivity index (χ4n) is 2.08. The van der Waals surface area contributed by atoms with E-state index in [1.807, 2.05) is 13.8 Å². The van der Waals surface area contributed by atoms with Crippen LogP contribution in [-0.2, 0) is 9.53 Å². The summed E-state index contributed by atoms with van der Waals surface area (Å²) in [6, 6.07) is 0. The molecule has 3 heteroatoms. The molecule has 0 radical (unpaired) electrons. The van der Waals surface area contributed by atoms with Crippen molar-refractivity contribution in [3.05, 3.63) is 0 Å². The van der Waals surface area contributed by atoms with Crippen molar-refractivity contribution < 1.29 is 9.53 Å². The number of hydrogen-bond acceptors (Lipinski definition) is 3. The summed E-state index contributed by atoms with van der Waals surface area (Å²) in [4.78, 5) is 13.8. The van der Waals surface area contributed by atoms with Crippen molar-refractivity contribution in [2.24, 2.45) is 5.92 Å². The Morgan fingerprint density at radius 1 is 1.50 bits per heavy atom. The van der Waals surface area contributed by atoms with Crippen LogP contribution in [-0.4, -0.2) is 36.6 Å². The van der Waals surface area contributed by atoms with Crippen LogP contribution >= 0.6 is 0 Å². The number of likely N-dealkylation sites (tertiary alicyclic amines) is 1.